The van der Waals surface area contributed by atoms with Crippen molar-refractivity contribution in [3.8, 4) is 5.75 Å². The number of ether oxygens (including phenoxy) is 1. The molecule has 0 saturated heterocycles. The normalized spacial score (nSPS) is 14.1. The molecule has 1 heterocycles. The zero-order valence-electron chi connectivity index (χ0n) is 11.9. The fourth-order valence-corrected chi connectivity index (χ4v) is 2.34. The number of hydrogen-bond donors (Lipinski definition) is 1. The van der Waals surface area contributed by atoms with Crippen LogP contribution in [-0.4, -0.2) is 22.0 Å². The van der Waals surface area contributed by atoms with Gasteiger partial charge in [0.15, 0.2) is 0 Å². The molecule has 1 unspecified atom stereocenters. The first kappa shape index (κ1) is 14.5. The second-order valence-electron chi connectivity index (χ2n) is 5.04. The van der Waals surface area contributed by atoms with Gasteiger partial charge in [0.25, 0.3) is 0 Å². The highest BCUT2D eigenvalue weighted by Crippen LogP contribution is 2.35. The molecule has 2 rings (SSSR count). The van der Waals surface area contributed by atoms with Gasteiger partial charge in [-0.05, 0) is 38.0 Å². The molecule has 20 heavy (non-hydrogen) atoms. The van der Waals surface area contributed by atoms with Gasteiger partial charge in [-0.2, -0.15) is 5.10 Å². The largest absolute Gasteiger partial charge is 0.496 e. The summed E-state index contributed by atoms with van der Waals surface area (Å²) in [4.78, 5) is 0. The minimum atomic E-state index is -1.30. The van der Waals surface area contributed by atoms with Crippen molar-refractivity contribution in [3.63, 3.8) is 0 Å². The van der Waals surface area contributed by atoms with E-state index in [9.17, 15) is 9.50 Å². The Bertz CT molecular complexity index is 593. The van der Waals surface area contributed by atoms with Crippen LogP contribution in [0.15, 0.2) is 30.5 Å². The van der Waals surface area contributed by atoms with Crippen molar-refractivity contribution >= 4 is 0 Å². The number of rotatable bonds is 5. The predicted molar refractivity (Wildman–Crippen MR) is 74.1 cm³/mol. The molecule has 0 radical (unpaired) electrons. The Morgan fingerprint density at radius 2 is 2.15 bits per heavy atom. The van der Waals surface area contributed by atoms with Crippen molar-refractivity contribution in [1.82, 2.24) is 9.78 Å². The standard InChI is InChI=1S/C15H19FN2O2/c1-15(19,9-7-11-8-10-17-18(11)2)14-12(16)5-4-6-13(14)20-3/h4-6,8,10,19H,7,9H2,1-3H3. The van der Waals surface area contributed by atoms with Crippen molar-refractivity contribution in [2.75, 3.05) is 7.11 Å². The van der Waals surface area contributed by atoms with Gasteiger partial charge in [-0.1, -0.05) is 6.07 Å². The maximum absolute atomic E-state index is 14.0. The summed E-state index contributed by atoms with van der Waals surface area (Å²) >= 11 is 0. The average molecular weight is 278 g/mol. The van der Waals surface area contributed by atoms with E-state index >= 15 is 0 Å². The van der Waals surface area contributed by atoms with E-state index in [1.807, 2.05) is 13.1 Å². The topological polar surface area (TPSA) is 47.3 Å². The number of nitrogens with zero attached hydrogens (tertiary/aromatic N) is 2. The van der Waals surface area contributed by atoms with Crippen molar-refractivity contribution in [3.05, 3.63) is 47.5 Å². The van der Waals surface area contributed by atoms with Crippen molar-refractivity contribution in [2.24, 2.45) is 7.05 Å². The van der Waals surface area contributed by atoms with Gasteiger partial charge in [0.2, 0.25) is 0 Å². The number of halogens is 1. The van der Waals surface area contributed by atoms with Crippen LogP contribution in [0.5, 0.6) is 5.75 Å². The maximum Gasteiger partial charge on any atom is 0.133 e. The van der Waals surface area contributed by atoms with Crippen molar-refractivity contribution in [1.29, 1.82) is 0 Å². The lowest BCUT2D eigenvalue weighted by Gasteiger charge is -2.26. The lowest BCUT2D eigenvalue weighted by molar-refractivity contribution is 0.0412. The van der Waals surface area contributed by atoms with Gasteiger partial charge < -0.3 is 9.84 Å². The van der Waals surface area contributed by atoms with Crippen LogP contribution >= 0.6 is 0 Å². The molecule has 108 valence electrons. The molecular weight excluding hydrogens is 259 g/mol. The first-order chi connectivity index (χ1) is 9.45. The zero-order chi connectivity index (χ0) is 14.8. The van der Waals surface area contributed by atoms with Gasteiger partial charge in [0.1, 0.15) is 11.6 Å². The summed E-state index contributed by atoms with van der Waals surface area (Å²) in [7, 11) is 3.31. The monoisotopic (exact) mass is 278 g/mol. The lowest BCUT2D eigenvalue weighted by Crippen LogP contribution is -2.25. The second kappa shape index (κ2) is 5.63. The third kappa shape index (κ3) is 2.82. The molecule has 0 amide bonds. The maximum atomic E-state index is 14.0. The summed E-state index contributed by atoms with van der Waals surface area (Å²) in [5.74, 6) is -0.0978. The molecule has 1 N–H and O–H groups in total. The molecule has 2 aromatic rings. The second-order valence-corrected chi connectivity index (χ2v) is 5.04. The van der Waals surface area contributed by atoms with Gasteiger partial charge in [-0.3, -0.25) is 4.68 Å². The SMILES string of the molecule is COc1cccc(F)c1C(C)(O)CCc1ccnn1C. The molecule has 0 aliphatic heterocycles. The summed E-state index contributed by atoms with van der Waals surface area (Å²) in [6.07, 6.45) is 2.68. The van der Waals surface area contributed by atoms with E-state index in [0.717, 1.165) is 5.69 Å². The van der Waals surface area contributed by atoms with Gasteiger partial charge >= 0.3 is 0 Å². The van der Waals surface area contributed by atoms with E-state index in [1.165, 1.54) is 13.2 Å². The highest BCUT2D eigenvalue weighted by molar-refractivity contribution is 5.39. The molecule has 0 saturated carbocycles. The first-order valence-electron chi connectivity index (χ1n) is 6.48. The molecule has 0 aliphatic carbocycles. The summed E-state index contributed by atoms with van der Waals surface area (Å²) in [6, 6.07) is 6.43. The van der Waals surface area contributed by atoms with Crippen LogP contribution in [0.4, 0.5) is 4.39 Å². The van der Waals surface area contributed by atoms with E-state index in [4.69, 9.17) is 4.74 Å². The predicted octanol–water partition coefficient (Wildman–Crippen LogP) is 2.41. The van der Waals surface area contributed by atoms with Crippen LogP contribution < -0.4 is 4.74 Å². The number of aryl methyl sites for hydroxylation is 2. The summed E-state index contributed by atoms with van der Waals surface area (Å²) < 4.78 is 20.9. The first-order valence-corrected chi connectivity index (χ1v) is 6.48. The van der Waals surface area contributed by atoms with Gasteiger partial charge in [0.05, 0.1) is 18.3 Å². The fraction of sp³-hybridized carbons (Fsp3) is 0.400. The Morgan fingerprint density at radius 1 is 1.40 bits per heavy atom. The molecule has 0 bridgehead atoms. The van der Waals surface area contributed by atoms with E-state index in [0.29, 0.717) is 18.6 Å². The zero-order valence-corrected chi connectivity index (χ0v) is 11.9. The summed E-state index contributed by atoms with van der Waals surface area (Å²) in [5.41, 5.74) is -0.119. The molecule has 1 aromatic carbocycles. The van der Waals surface area contributed by atoms with Crippen molar-refractivity contribution in [2.45, 2.75) is 25.4 Å². The number of methoxy groups -OCH3 is 1. The van der Waals surface area contributed by atoms with E-state index < -0.39 is 11.4 Å². The number of benzene rings is 1. The molecular formula is C15H19FN2O2. The van der Waals surface area contributed by atoms with Gasteiger partial charge in [-0.15, -0.1) is 0 Å². The quantitative estimate of drug-likeness (QED) is 0.913. The number of aromatic nitrogens is 2. The lowest BCUT2D eigenvalue weighted by atomic mass is 9.89. The van der Waals surface area contributed by atoms with Crippen LogP contribution in [0.2, 0.25) is 0 Å². The Kier molecular flexibility index (Phi) is 4.09. The van der Waals surface area contributed by atoms with E-state index in [2.05, 4.69) is 5.10 Å². The van der Waals surface area contributed by atoms with Gasteiger partial charge in [-0.25, -0.2) is 4.39 Å². The van der Waals surface area contributed by atoms with Crippen LogP contribution in [-0.2, 0) is 19.1 Å². The Balaban J connectivity index is 2.24. The smallest absolute Gasteiger partial charge is 0.133 e. The molecule has 1 atom stereocenters. The third-order valence-corrected chi connectivity index (χ3v) is 3.52. The molecule has 0 aliphatic rings. The highest BCUT2D eigenvalue weighted by atomic mass is 19.1. The average Bonchev–Trinajstić information content (AvgIpc) is 2.81. The summed E-state index contributed by atoms with van der Waals surface area (Å²) in [6.45, 7) is 1.60. The minimum absolute atomic E-state index is 0.199. The number of aliphatic hydroxyl groups is 1. The third-order valence-electron chi connectivity index (χ3n) is 3.52. The highest BCUT2D eigenvalue weighted by Gasteiger charge is 2.30. The van der Waals surface area contributed by atoms with Crippen molar-refractivity contribution < 1.29 is 14.2 Å². The minimum Gasteiger partial charge on any atom is -0.496 e. The molecule has 5 heteroatoms. The number of hydrogen-bond acceptors (Lipinski definition) is 3. The van der Waals surface area contributed by atoms with Gasteiger partial charge in [0, 0.05) is 18.9 Å². The Labute approximate surface area is 117 Å². The molecule has 4 nitrogen and oxygen atoms in total. The molecule has 0 spiro atoms. The fourth-order valence-electron chi connectivity index (χ4n) is 2.34. The Morgan fingerprint density at radius 3 is 2.75 bits per heavy atom. The summed E-state index contributed by atoms with van der Waals surface area (Å²) in [5, 5.41) is 14.7. The van der Waals surface area contributed by atoms with E-state index in [-0.39, 0.29) is 5.56 Å². The van der Waals surface area contributed by atoms with Crippen LogP contribution in [0.3, 0.4) is 0 Å². The van der Waals surface area contributed by atoms with Crippen LogP contribution in [0, 0.1) is 5.82 Å². The van der Waals surface area contributed by atoms with Crippen LogP contribution in [0.25, 0.3) is 0 Å². The van der Waals surface area contributed by atoms with Crippen LogP contribution in [0.1, 0.15) is 24.6 Å². The Hall–Kier alpha value is -1.88. The van der Waals surface area contributed by atoms with E-state index in [1.54, 1.807) is 29.9 Å². The molecule has 1 aromatic heterocycles. The molecule has 0 fully saturated rings.